The van der Waals surface area contributed by atoms with Gasteiger partial charge in [-0.25, -0.2) is 4.39 Å². The molecule has 0 bridgehead atoms. The smallest absolute Gasteiger partial charge is 0.256 e. The first-order valence-electron chi connectivity index (χ1n) is 7.08. The van der Waals surface area contributed by atoms with Gasteiger partial charge in [0.2, 0.25) is 0 Å². The van der Waals surface area contributed by atoms with Crippen LogP contribution in [-0.4, -0.2) is 38.1 Å². The van der Waals surface area contributed by atoms with Crippen molar-refractivity contribution in [1.29, 1.82) is 0 Å². The Bertz CT molecular complexity index is 848. The third-order valence-electron chi connectivity index (χ3n) is 3.53. The molecule has 24 heavy (non-hydrogen) atoms. The number of hydrogen-bond acceptors (Lipinski definition) is 4. The van der Waals surface area contributed by atoms with Gasteiger partial charge in [-0.1, -0.05) is 29.8 Å². The van der Waals surface area contributed by atoms with Gasteiger partial charge in [0.05, 0.1) is 11.3 Å². The van der Waals surface area contributed by atoms with E-state index in [0.29, 0.717) is 11.3 Å². The van der Waals surface area contributed by atoms with Crippen LogP contribution in [-0.2, 0) is 6.54 Å². The summed E-state index contributed by atoms with van der Waals surface area (Å²) in [7, 11) is 1.58. The lowest BCUT2D eigenvalue weighted by molar-refractivity contribution is 0.0783. The number of tetrazole rings is 1. The Morgan fingerprint density at radius 3 is 2.75 bits per heavy atom. The van der Waals surface area contributed by atoms with Crippen molar-refractivity contribution in [2.24, 2.45) is 0 Å². The highest BCUT2D eigenvalue weighted by Gasteiger charge is 2.19. The molecule has 0 saturated carbocycles. The van der Waals surface area contributed by atoms with Crippen molar-refractivity contribution in [3.8, 4) is 5.69 Å². The van der Waals surface area contributed by atoms with E-state index in [9.17, 15) is 9.18 Å². The molecule has 0 atom stereocenters. The lowest BCUT2D eigenvalue weighted by Gasteiger charge is -2.20. The summed E-state index contributed by atoms with van der Waals surface area (Å²) in [6.07, 6.45) is 1.40. The standard InChI is InChI=1S/C16H13ClFN5O/c1-22(9-12-13(17)6-4-7-14(12)18)16(24)11-5-2-3-8-15(11)23-10-19-20-21-23/h2-8,10H,9H2,1H3. The molecule has 0 unspecified atom stereocenters. The molecule has 0 fully saturated rings. The van der Waals surface area contributed by atoms with E-state index in [4.69, 9.17) is 11.6 Å². The van der Waals surface area contributed by atoms with Crippen molar-refractivity contribution in [1.82, 2.24) is 25.1 Å². The molecule has 0 aliphatic carbocycles. The molecule has 0 saturated heterocycles. The van der Waals surface area contributed by atoms with Crippen molar-refractivity contribution >= 4 is 17.5 Å². The minimum Gasteiger partial charge on any atom is -0.337 e. The number of hydrogen-bond donors (Lipinski definition) is 0. The van der Waals surface area contributed by atoms with Crippen LogP contribution in [0.25, 0.3) is 5.69 Å². The van der Waals surface area contributed by atoms with Crippen molar-refractivity contribution in [3.05, 3.63) is 70.8 Å². The third-order valence-corrected chi connectivity index (χ3v) is 3.89. The van der Waals surface area contributed by atoms with Gasteiger partial charge in [-0.15, -0.1) is 5.10 Å². The number of benzene rings is 2. The number of amides is 1. The highest BCUT2D eigenvalue weighted by Crippen LogP contribution is 2.22. The van der Waals surface area contributed by atoms with E-state index in [1.165, 1.54) is 28.0 Å². The van der Waals surface area contributed by atoms with Gasteiger partial charge in [0.1, 0.15) is 12.1 Å². The number of carbonyl (C=O) groups is 1. The Labute approximate surface area is 142 Å². The fourth-order valence-corrected chi connectivity index (χ4v) is 2.55. The number of halogens is 2. The third kappa shape index (κ3) is 3.11. The molecule has 0 aliphatic rings. The fraction of sp³-hybridized carbons (Fsp3) is 0.125. The van der Waals surface area contributed by atoms with E-state index in [-0.39, 0.29) is 23.0 Å². The number of rotatable bonds is 4. The molecule has 122 valence electrons. The molecule has 0 N–H and O–H groups in total. The fourth-order valence-electron chi connectivity index (χ4n) is 2.32. The Morgan fingerprint density at radius 1 is 1.25 bits per heavy atom. The zero-order chi connectivity index (χ0) is 17.1. The molecule has 0 spiro atoms. The average Bonchev–Trinajstić information content (AvgIpc) is 3.12. The van der Waals surface area contributed by atoms with Gasteiger partial charge in [0, 0.05) is 24.2 Å². The second-order valence-electron chi connectivity index (χ2n) is 5.13. The Balaban J connectivity index is 1.90. The SMILES string of the molecule is CN(Cc1c(F)cccc1Cl)C(=O)c1ccccc1-n1cnnn1. The average molecular weight is 346 g/mol. The van der Waals surface area contributed by atoms with E-state index >= 15 is 0 Å². The maximum absolute atomic E-state index is 13.9. The maximum atomic E-state index is 13.9. The van der Waals surface area contributed by atoms with Crippen LogP contribution in [0.5, 0.6) is 0 Å². The lowest BCUT2D eigenvalue weighted by atomic mass is 10.1. The first-order chi connectivity index (χ1) is 11.6. The molecule has 2 aromatic carbocycles. The number of nitrogens with zero attached hydrogens (tertiary/aromatic N) is 5. The molecule has 3 rings (SSSR count). The highest BCUT2D eigenvalue weighted by molar-refractivity contribution is 6.31. The molecule has 0 radical (unpaired) electrons. The molecule has 0 aliphatic heterocycles. The minimum atomic E-state index is -0.448. The molecule has 6 nitrogen and oxygen atoms in total. The van der Waals surface area contributed by atoms with Crippen LogP contribution in [0.2, 0.25) is 5.02 Å². The van der Waals surface area contributed by atoms with Crippen molar-refractivity contribution < 1.29 is 9.18 Å². The predicted octanol–water partition coefficient (Wildman–Crippen LogP) is 2.73. The van der Waals surface area contributed by atoms with E-state index < -0.39 is 5.82 Å². The van der Waals surface area contributed by atoms with Crippen LogP contribution in [0.15, 0.2) is 48.8 Å². The van der Waals surface area contributed by atoms with Crippen molar-refractivity contribution in [2.45, 2.75) is 6.54 Å². The summed E-state index contributed by atoms with van der Waals surface area (Å²) >= 11 is 6.03. The Hall–Kier alpha value is -2.80. The quantitative estimate of drug-likeness (QED) is 0.729. The molecule has 8 heteroatoms. The first-order valence-corrected chi connectivity index (χ1v) is 7.46. The summed E-state index contributed by atoms with van der Waals surface area (Å²) in [5.41, 5.74) is 1.22. The Kier molecular flexibility index (Phi) is 4.52. The van der Waals surface area contributed by atoms with Crippen LogP contribution in [0.1, 0.15) is 15.9 Å². The largest absolute Gasteiger partial charge is 0.337 e. The van der Waals surface area contributed by atoms with Gasteiger partial charge in [-0.05, 0) is 34.7 Å². The van der Waals surface area contributed by atoms with Crippen LogP contribution >= 0.6 is 11.6 Å². The molecule has 1 amide bonds. The number of para-hydroxylation sites is 1. The zero-order valence-corrected chi connectivity index (χ0v) is 13.5. The highest BCUT2D eigenvalue weighted by atomic mass is 35.5. The van der Waals surface area contributed by atoms with Crippen LogP contribution in [0.3, 0.4) is 0 Å². The van der Waals surface area contributed by atoms with E-state index in [1.807, 2.05) is 0 Å². The van der Waals surface area contributed by atoms with E-state index in [2.05, 4.69) is 15.5 Å². The normalized spacial score (nSPS) is 10.6. The van der Waals surface area contributed by atoms with Gasteiger partial charge in [0.25, 0.3) is 5.91 Å². The van der Waals surface area contributed by atoms with Crippen LogP contribution < -0.4 is 0 Å². The monoisotopic (exact) mass is 345 g/mol. The molecule has 1 heterocycles. The van der Waals surface area contributed by atoms with Gasteiger partial charge in [-0.2, -0.15) is 4.68 Å². The van der Waals surface area contributed by atoms with Crippen LogP contribution in [0, 0.1) is 5.82 Å². The van der Waals surface area contributed by atoms with E-state index in [1.54, 1.807) is 37.4 Å². The summed E-state index contributed by atoms with van der Waals surface area (Å²) in [6, 6.07) is 11.3. The maximum Gasteiger partial charge on any atom is 0.256 e. The van der Waals surface area contributed by atoms with Crippen LogP contribution in [0.4, 0.5) is 4.39 Å². The van der Waals surface area contributed by atoms with Gasteiger partial charge in [-0.3, -0.25) is 4.79 Å². The molecular weight excluding hydrogens is 333 g/mol. The summed E-state index contributed by atoms with van der Waals surface area (Å²) < 4.78 is 15.3. The minimum absolute atomic E-state index is 0.0499. The summed E-state index contributed by atoms with van der Waals surface area (Å²) in [6.45, 7) is 0.0499. The van der Waals surface area contributed by atoms with E-state index in [0.717, 1.165) is 0 Å². The zero-order valence-electron chi connectivity index (χ0n) is 12.7. The van der Waals surface area contributed by atoms with Crippen molar-refractivity contribution in [2.75, 3.05) is 7.05 Å². The molecule has 3 aromatic rings. The molecular formula is C16H13ClFN5O. The lowest BCUT2D eigenvalue weighted by Crippen LogP contribution is -2.28. The van der Waals surface area contributed by atoms with Gasteiger partial charge < -0.3 is 4.90 Å². The second kappa shape index (κ2) is 6.76. The summed E-state index contributed by atoms with van der Waals surface area (Å²) in [5.74, 6) is -0.740. The molecule has 1 aromatic heterocycles. The second-order valence-corrected chi connectivity index (χ2v) is 5.54. The topological polar surface area (TPSA) is 63.9 Å². The number of aromatic nitrogens is 4. The van der Waals surface area contributed by atoms with Crippen molar-refractivity contribution in [3.63, 3.8) is 0 Å². The first kappa shape index (κ1) is 16.1. The van der Waals surface area contributed by atoms with Gasteiger partial charge in [0.15, 0.2) is 0 Å². The number of carbonyl (C=O) groups excluding carboxylic acids is 1. The summed E-state index contributed by atoms with van der Waals surface area (Å²) in [4.78, 5) is 14.2. The predicted molar refractivity (Wildman–Crippen MR) is 86.4 cm³/mol. The Morgan fingerprint density at radius 2 is 2.04 bits per heavy atom. The summed E-state index contributed by atoms with van der Waals surface area (Å²) in [5, 5.41) is 11.2. The van der Waals surface area contributed by atoms with Gasteiger partial charge >= 0.3 is 0 Å².